The third-order valence-corrected chi connectivity index (χ3v) is 3.91. The first-order valence-electron chi connectivity index (χ1n) is 7.97. The average molecular weight is 288 g/mol. The molecule has 1 fully saturated rings. The van der Waals surface area contributed by atoms with Crippen molar-refractivity contribution in [2.45, 2.75) is 25.8 Å². The van der Waals surface area contributed by atoms with Crippen LogP contribution in [0.25, 0.3) is 0 Å². The Kier molecular flexibility index (Phi) is 6.54. The third kappa shape index (κ3) is 5.38. The Morgan fingerprint density at radius 2 is 1.95 bits per heavy atom. The van der Waals surface area contributed by atoms with Gasteiger partial charge in [-0.1, -0.05) is 30.3 Å². The molecule has 1 aliphatic heterocycles. The first kappa shape index (κ1) is 15.8. The lowest BCUT2D eigenvalue weighted by atomic mass is 10.2. The van der Waals surface area contributed by atoms with Crippen molar-refractivity contribution < 1.29 is 0 Å². The van der Waals surface area contributed by atoms with Crippen LogP contribution in [0.15, 0.2) is 35.3 Å². The van der Waals surface area contributed by atoms with E-state index in [9.17, 15) is 0 Å². The summed E-state index contributed by atoms with van der Waals surface area (Å²) >= 11 is 0. The first-order chi connectivity index (χ1) is 10.3. The molecule has 0 aromatic heterocycles. The normalized spacial score (nSPS) is 15.8. The van der Waals surface area contributed by atoms with Gasteiger partial charge in [-0.25, -0.2) is 0 Å². The van der Waals surface area contributed by atoms with Crippen molar-refractivity contribution in [3.05, 3.63) is 35.9 Å². The highest BCUT2D eigenvalue weighted by Gasteiger charge is 2.14. The fourth-order valence-corrected chi connectivity index (χ4v) is 2.78. The Morgan fingerprint density at radius 3 is 2.62 bits per heavy atom. The topological polar surface area (TPSA) is 30.9 Å². The number of aliphatic imine (C=N–C) groups is 1. The van der Waals surface area contributed by atoms with E-state index in [0.29, 0.717) is 0 Å². The highest BCUT2D eigenvalue weighted by atomic mass is 15.3. The minimum Gasteiger partial charge on any atom is -0.356 e. The number of hydrogen-bond donors (Lipinski definition) is 1. The maximum atomic E-state index is 4.37. The Bertz CT molecular complexity index is 424. The van der Waals surface area contributed by atoms with Gasteiger partial charge in [-0.15, -0.1) is 0 Å². The summed E-state index contributed by atoms with van der Waals surface area (Å²) in [6.07, 6.45) is 3.72. The largest absolute Gasteiger partial charge is 0.356 e. The Labute approximate surface area is 128 Å². The van der Waals surface area contributed by atoms with E-state index in [0.717, 1.165) is 45.1 Å². The van der Waals surface area contributed by atoms with Gasteiger partial charge in [0.05, 0.1) is 0 Å². The van der Waals surface area contributed by atoms with Gasteiger partial charge in [0.2, 0.25) is 0 Å². The van der Waals surface area contributed by atoms with E-state index in [1.165, 1.54) is 18.4 Å². The monoisotopic (exact) mass is 288 g/mol. The van der Waals surface area contributed by atoms with Gasteiger partial charge >= 0.3 is 0 Å². The lowest BCUT2D eigenvalue weighted by Gasteiger charge is -2.22. The zero-order valence-corrected chi connectivity index (χ0v) is 13.4. The van der Waals surface area contributed by atoms with Crippen molar-refractivity contribution in [1.29, 1.82) is 0 Å². The number of nitrogens with one attached hydrogen (secondary N) is 1. The molecular formula is C17H28N4. The van der Waals surface area contributed by atoms with Crippen molar-refractivity contribution in [2.75, 3.05) is 40.3 Å². The van der Waals surface area contributed by atoms with Crippen LogP contribution in [0.4, 0.5) is 0 Å². The molecule has 0 spiro atoms. The lowest BCUT2D eigenvalue weighted by molar-refractivity contribution is 0.321. The molecule has 0 aliphatic carbocycles. The van der Waals surface area contributed by atoms with Crippen LogP contribution in [0.5, 0.6) is 0 Å². The summed E-state index contributed by atoms with van der Waals surface area (Å²) < 4.78 is 0. The summed E-state index contributed by atoms with van der Waals surface area (Å²) in [7, 11) is 4.06. The van der Waals surface area contributed by atoms with Gasteiger partial charge in [-0.3, -0.25) is 4.99 Å². The molecule has 2 rings (SSSR count). The van der Waals surface area contributed by atoms with E-state index in [2.05, 4.69) is 57.5 Å². The highest BCUT2D eigenvalue weighted by Crippen LogP contribution is 2.07. The Morgan fingerprint density at radius 1 is 1.24 bits per heavy atom. The molecule has 1 saturated heterocycles. The number of likely N-dealkylation sites (tertiary alicyclic amines) is 1. The van der Waals surface area contributed by atoms with E-state index >= 15 is 0 Å². The summed E-state index contributed by atoms with van der Waals surface area (Å²) in [5.74, 6) is 1.07. The second-order valence-corrected chi connectivity index (χ2v) is 5.75. The molecule has 4 heteroatoms. The van der Waals surface area contributed by atoms with Gasteiger partial charge in [0, 0.05) is 33.2 Å². The molecule has 0 amide bonds. The molecular weight excluding hydrogens is 260 g/mol. The maximum Gasteiger partial charge on any atom is 0.193 e. The van der Waals surface area contributed by atoms with Crippen LogP contribution < -0.4 is 5.32 Å². The van der Waals surface area contributed by atoms with Gasteiger partial charge in [0.25, 0.3) is 0 Å². The molecule has 0 radical (unpaired) electrons. The predicted molar refractivity (Wildman–Crippen MR) is 89.6 cm³/mol. The van der Waals surface area contributed by atoms with E-state index in [1.54, 1.807) is 0 Å². The van der Waals surface area contributed by atoms with Crippen LogP contribution in [0.3, 0.4) is 0 Å². The van der Waals surface area contributed by atoms with E-state index < -0.39 is 0 Å². The first-order valence-corrected chi connectivity index (χ1v) is 7.97. The number of rotatable bonds is 6. The molecule has 1 aromatic rings. The fraction of sp³-hybridized carbons (Fsp3) is 0.588. The fourth-order valence-electron chi connectivity index (χ4n) is 2.78. The number of guanidine groups is 1. The van der Waals surface area contributed by atoms with E-state index in [4.69, 9.17) is 0 Å². The second kappa shape index (κ2) is 8.67. The molecule has 116 valence electrons. The van der Waals surface area contributed by atoms with Crippen molar-refractivity contribution in [3.8, 4) is 0 Å². The predicted octanol–water partition coefficient (Wildman–Crippen LogP) is 2.18. The molecule has 0 atom stereocenters. The quantitative estimate of drug-likeness (QED) is 0.494. The summed E-state index contributed by atoms with van der Waals surface area (Å²) in [5.41, 5.74) is 1.38. The molecule has 1 heterocycles. The van der Waals surface area contributed by atoms with Crippen LogP contribution in [0, 0.1) is 0 Å². The lowest BCUT2D eigenvalue weighted by Crippen LogP contribution is -2.40. The number of nitrogens with zero attached hydrogens (tertiary/aromatic N) is 3. The molecule has 1 aliphatic rings. The molecule has 1 aromatic carbocycles. The Balaban J connectivity index is 1.62. The van der Waals surface area contributed by atoms with Gasteiger partial charge in [0.15, 0.2) is 5.96 Å². The summed E-state index contributed by atoms with van der Waals surface area (Å²) in [5, 5.41) is 3.48. The minimum atomic E-state index is 0.988. The van der Waals surface area contributed by atoms with Gasteiger partial charge in [0.1, 0.15) is 0 Å². The Hall–Kier alpha value is -1.55. The van der Waals surface area contributed by atoms with Crippen molar-refractivity contribution >= 4 is 5.96 Å². The number of hydrogen-bond acceptors (Lipinski definition) is 2. The van der Waals surface area contributed by atoms with Crippen molar-refractivity contribution in [1.82, 2.24) is 15.1 Å². The van der Waals surface area contributed by atoms with Crippen LogP contribution in [-0.4, -0.2) is 56.0 Å². The molecule has 0 unspecified atom stereocenters. The SMILES string of the molecule is CN=C(NCCCN(C)Cc1ccccc1)N1CCCC1. The van der Waals surface area contributed by atoms with Gasteiger partial charge < -0.3 is 15.1 Å². The number of benzene rings is 1. The van der Waals surface area contributed by atoms with Crippen LogP contribution in [0.2, 0.25) is 0 Å². The standard InChI is InChI=1S/C17H28N4/c1-18-17(21-13-6-7-14-21)19-11-8-12-20(2)15-16-9-4-3-5-10-16/h3-5,9-10H,6-8,11-15H2,1-2H3,(H,18,19). The smallest absolute Gasteiger partial charge is 0.193 e. The van der Waals surface area contributed by atoms with Gasteiger partial charge in [-0.05, 0) is 38.4 Å². The zero-order chi connectivity index (χ0) is 14.9. The van der Waals surface area contributed by atoms with Crippen molar-refractivity contribution in [2.24, 2.45) is 4.99 Å². The zero-order valence-electron chi connectivity index (χ0n) is 13.4. The summed E-state index contributed by atoms with van der Waals surface area (Å²) in [4.78, 5) is 9.10. The maximum absolute atomic E-state index is 4.37. The summed E-state index contributed by atoms with van der Waals surface area (Å²) in [6.45, 7) is 5.39. The molecule has 0 bridgehead atoms. The molecule has 21 heavy (non-hydrogen) atoms. The average Bonchev–Trinajstić information content (AvgIpc) is 3.02. The second-order valence-electron chi connectivity index (χ2n) is 5.75. The summed E-state index contributed by atoms with van der Waals surface area (Å²) in [6, 6.07) is 10.6. The van der Waals surface area contributed by atoms with Crippen LogP contribution >= 0.6 is 0 Å². The van der Waals surface area contributed by atoms with Gasteiger partial charge in [-0.2, -0.15) is 0 Å². The van der Waals surface area contributed by atoms with Crippen LogP contribution in [0.1, 0.15) is 24.8 Å². The third-order valence-electron chi connectivity index (χ3n) is 3.91. The van der Waals surface area contributed by atoms with E-state index in [-0.39, 0.29) is 0 Å². The molecule has 1 N–H and O–H groups in total. The van der Waals surface area contributed by atoms with Crippen LogP contribution in [-0.2, 0) is 6.54 Å². The molecule has 0 saturated carbocycles. The molecule has 4 nitrogen and oxygen atoms in total. The highest BCUT2D eigenvalue weighted by molar-refractivity contribution is 5.80. The van der Waals surface area contributed by atoms with Crippen molar-refractivity contribution in [3.63, 3.8) is 0 Å². The minimum absolute atomic E-state index is 0.988. The van der Waals surface area contributed by atoms with E-state index in [1.807, 2.05) is 7.05 Å².